The van der Waals surface area contributed by atoms with Crippen molar-refractivity contribution in [2.24, 2.45) is 0 Å². The molecule has 112 valence electrons. The Morgan fingerprint density at radius 3 is 2.32 bits per heavy atom. The van der Waals surface area contributed by atoms with E-state index in [0.29, 0.717) is 11.1 Å². The first kappa shape index (κ1) is 14.6. The number of aromatic carboxylic acids is 1. The molecule has 0 unspecified atom stereocenters. The first-order valence-electron chi connectivity index (χ1n) is 6.19. The van der Waals surface area contributed by atoms with Crippen molar-refractivity contribution >= 4 is 60.7 Å². The molecule has 7 heteroatoms. The molecule has 0 amide bonds. The second-order valence-electron chi connectivity index (χ2n) is 4.66. The molecule has 22 heavy (non-hydrogen) atoms. The first-order valence-corrected chi connectivity index (χ1v) is 7.38. The van der Waals surface area contributed by atoms with Gasteiger partial charge in [-0.05, 0) is 24.3 Å². The van der Waals surface area contributed by atoms with E-state index >= 15 is 0 Å². The summed E-state index contributed by atoms with van der Waals surface area (Å²) in [5, 5.41) is 10.8. The van der Waals surface area contributed by atoms with E-state index < -0.39 is 11.9 Å². The summed E-state index contributed by atoms with van der Waals surface area (Å²) >= 11 is 7.42. The average Bonchev–Trinajstić information content (AvgIpc) is 2.80. The molecule has 1 heterocycles. The molecule has 5 nitrogen and oxygen atoms in total. The minimum absolute atomic E-state index is 0.0188. The molecule has 3 rings (SSSR count). The van der Waals surface area contributed by atoms with Crippen molar-refractivity contribution in [1.29, 1.82) is 0 Å². The lowest BCUT2D eigenvalue weighted by Gasteiger charge is -2.04. The molecule has 0 aliphatic heterocycles. The number of methoxy groups -OCH3 is 1. The van der Waals surface area contributed by atoms with Gasteiger partial charge in [0.25, 0.3) is 0 Å². The standard InChI is InChI=1S/C15H10ClNO4S/c1-21-15(20)9-3-7-6-2-8(14(18)19)10(16)4-12(6)22-13(7)5-11(9)17/h2-5H,17H2,1H3,(H,18,19). The van der Waals surface area contributed by atoms with E-state index in [2.05, 4.69) is 0 Å². The third-order valence-electron chi connectivity index (χ3n) is 3.37. The van der Waals surface area contributed by atoms with Crippen LogP contribution in [0.1, 0.15) is 20.7 Å². The van der Waals surface area contributed by atoms with Gasteiger partial charge in [0.2, 0.25) is 0 Å². The highest BCUT2D eigenvalue weighted by molar-refractivity contribution is 7.25. The van der Waals surface area contributed by atoms with Gasteiger partial charge >= 0.3 is 11.9 Å². The van der Waals surface area contributed by atoms with Crippen LogP contribution < -0.4 is 5.73 Å². The number of anilines is 1. The molecule has 0 saturated carbocycles. The number of rotatable bonds is 2. The maximum atomic E-state index is 11.8. The molecule has 2 aromatic carbocycles. The van der Waals surface area contributed by atoms with Crippen molar-refractivity contribution in [3.05, 3.63) is 40.4 Å². The molecule has 0 spiro atoms. The minimum atomic E-state index is -1.10. The van der Waals surface area contributed by atoms with Gasteiger partial charge in [-0.2, -0.15) is 0 Å². The molecule has 0 radical (unpaired) electrons. The summed E-state index contributed by atoms with van der Waals surface area (Å²) in [6, 6.07) is 6.42. The van der Waals surface area contributed by atoms with Crippen LogP contribution in [-0.2, 0) is 4.74 Å². The lowest BCUT2D eigenvalue weighted by Crippen LogP contribution is -2.05. The molecule has 3 N–H and O–H groups in total. The zero-order valence-corrected chi connectivity index (χ0v) is 12.9. The SMILES string of the molecule is COC(=O)c1cc2c(cc1N)sc1cc(Cl)c(C(=O)O)cc12. The summed E-state index contributed by atoms with van der Waals surface area (Å²) in [5.74, 6) is -1.64. The molecular weight excluding hydrogens is 326 g/mol. The summed E-state index contributed by atoms with van der Waals surface area (Å²) in [5.41, 5.74) is 6.46. The molecule has 1 aromatic heterocycles. The number of carbonyl (C=O) groups is 2. The number of carbonyl (C=O) groups excluding carboxylic acids is 1. The van der Waals surface area contributed by atoms with E-state index in [1.54, 1.807) is 18.2 Å². The van der Waals surface area contributed by atoms with Crippen LogP contribution in [0.4, 0.5) is 5.69 Å². The van der Waals surface area contributed by atoms with Gasteiger partial charge in [-0.1, -0.05) is 11.6 Å². The molecule has 0 aliphatic carbocycles. The Kier molecular flexibility index (Phi) is 3.42. The van der Waals surface area contributed by atoms with Crippen molar-refractivity contribution in [1.82, 2.24) is 0 Å². The van der Waals surface area contributed by atoms with Gasteiger partial charge in [0.1, 0.15) is 0 Å². The number of nitrogens with two attached hydrogens (primary N) is 1. The van der Waals surface area contributed by atoms with Gasteiger partial charge in [-0.25, -0.2) is 9.59 Å². The number of benzene rings is 2. The van der Waals surface area contributed by atoms with Crippen molar-refractivity contribution in [3.8, 4) is 0 Å². The number of hydrogen-bond donors (Lipinski definition) is 2. The summed E-state index contributed by atoms with van der Waals surface area (Å²) < 4.78 is 6.38. The van der Waals surface area contributed by atoms with E-state index in [9.17, 15) is 14.7 Å². The molecule has 0 saturated heterocycles. The van der Waals surface area contributed by atoms with E-state index in [0.717, 1.165) is 14.8 Å². The molecule has 3 aromatic rings. The Balaban J connectivity index is 2.38. The van der Waals surface area contributed by atoms with Crippen molar-refractivity contribution < 1.29 is 19.4 Å². The predicted molar refractivity (Wildman–Crippen MR) is 87.1 cm³/mol. The Morgan fingerprint density at radius 2 is 1.73 bits per heavy atom. The monoisotopic (exact) mass is 335 g/mol. The number of esters is 1. The van der Waals surface area contributed by atoms with Gasteiger partial charge in [0.05, 0.1) is 23.3 Å². The highest BCUT2D eigenvalue weighted by atomic mass is 35.5. The third kappa shape index (κ3) is 2.17. The zero-order chi connectivity index (χ0) is 16.0. The summed E-state index contributed by atoms with van der Waals surface area (Å²) in [7, 11) is 1.28. The number of carboxylic acid groups (broad SMARTS) is 1. The van der Waals surface area contributed by atoms with E-state index in [-0.39, 0.29) is 16.1 Å². The predicted octanol–water partition coefficient (Wildman–Crippen LogP) is 3.77. The molecule has 0 fully saturated rings. The Bertz CT molecular complexity index is 948. The Labute approximate surface area is 133 Å². The van der Waals surface area contributed by atoms with Gasteiger partial charge < -0.3 is 15.6 Å². The quantitative estimate of drug-likeness (QED) is 0.549. The maximum Gasteiger partial charge on any atom is 0.339 e. The fraction of sp³-hybridized carbons (Fsp3) is 0.0667. The Hall–Kier alpha value is -2.31. The zero-order valence-electron chi connectivity index (χ0n) is 11.3. The second-order valence-corrected chi connectivity index (χ2v) is 6.15. The largest absolute Gasteiger partial charge is 0.478 e. The fourth-order valence-corrected chi connectivity index (χ4v) is 3.78. The van der Waals surface area contributed by atoms with Crippen LogP contribution >= 0.6 is 22.9 Å². The topological polar surface area (TPSA) is 89.6 Å². The number of carboxylic acids is 1. The van der Waals surface area contributed by atoms with E-state index in [4.69, 9.17) is 22.1 Å². The summed E-state index contributed by atoms with van der Waals surface area (Å²) in [4.78, 5) is 23.0. The van der Waals surface area contributed by atoms with Crippen LogP contribution in [0.3, 0.4) is 0 Å². The van der Waals surface area contributed by atoms with Crippen LogP contribution in [0.15, 0.2) is 24.3 Å². The lowest BCUT2D eigenvalue weighted by atomic mass is 10.1. The smallest absolute Gasteiger partial charge is 0.339 e. The van der Waals surface area contributed by atoms with Gasteiger partial charge in [0, 0.05) is 25.9 Å². The van der Waals surface area contributed by atoms with Crippen molar-refractivity contribution in [3.63, 3.8) is 0 Å². The van der Waals surface area contributed by atoms with Crippen LogP contribution in [0.2, 0.25) is 5.02 Å². The van der Waals surface area contributed by atoms with E-state index in [1.165, 1.54) is 24.5 Å². The van der Waals surface area contributed by atoms with Crippen molar-refractivity contribution in [2.45, 2.75) is 0 Å². The molecule has 0 aliphatic rings. The fourth-order valence-electron chi connectivity index (χ4n) is 2.31. The number of thiophene rings is 1. The van der Waals surface area contributed by atoms with E-state index in [1.807, 2.05) is 0 Å². The van der Waals surface area contributed by atoms with Gasteiger partial charge in [0.15, 0.2) is 0 Å². The molecular formula is C15H10ClNO4S. The van der Waals surface area contributed by atoms with Crippen LogP contribution in [-0.4, -0.2) is 24.2 Å². The summed E-state index contributed by atoms with van der Waals surface area (Å²) in [6.45, 7) is 0. The van der Waals surface area contributed by atoms with Crippen LogP contribution in [0, 0.1) is 0 Å². The van der Waals surface area contributed by atoms with Gasteiger partial charge in [-0.3, -0.25) is 0 Å². The summed E-state index contributed by atoms with van der Waals surface area (Å²) in [6.07, 6.45) is 0. The molecule has 0 atom stereocenters. The average molecular weight is 336 g/mol. The van der Waals surface area contributed by atoms with Crippen LogP contribution in [0.25, 0.3) is 20.2 Å². The lowest BCUT2D eigenvalue weighted by molar-refractivity contribution is 0.0601. The number of halogens is 1. The number of ether oxygens (including phenoxy) is 1. The second kappa shape index (κ2) is 5.15. The molecule has 0 bridgehead atoms. The van der Waals surface area contributed by atoms with Crippen LogP contribution in [0.5, 0.6) is 0 Å². The number of hydrogen-bond acceptors (Lipinski definition) is 5. The minimum Gasteiger partial charge on any atom is -0.478 e. The highest BCUT2D eigenvalue weighted by Gasteiger charge is 2.17. The highest BCUT2D eigenvalue weighted by Crippen LogP contribution is 2.38. The third-order valence-corrected chi connectivity index (χ3v) is 4.79. The van der Waals surface area contributed by atoms with Gasteiger partial charge in [-0.15, -0.1) is 11.3 Å². The van der Waals surface area contributed by atoms with Crippen molar-refractivity contribution in [2.75, 3.05) is 12.8 Å². The normalized spacial score (nSPS) is 11.0. The first-order chi connectivity index (χ1) is 10.4. The number of fused-ring (bicyclic) bond motifs is 3. The number of nitrogen functional groups attached to an aromatic ring is 1. The maximum absolute atomic E-state index is 11.8. The Morgan fingerprint density at radius 1 is 1.14 bits per heavy atom.